The Labute approximate surface area is 54.0 Å². The maximum Gasteiger partial charge on any atom is 0.302 e. The fourth-order valence-electron chi connectivity index (χ4n) is 0.288. The number of carbonyl (C=O) groups is 2. The van der Waals surface area contributed by atoms with E-state index in [-0.39, 0.29) is 18.5 Å². The third kappa shape index (κ3) is 5.00. The lowest BCUT2D eigenvalue weighted by molar-refractivity contribution is -0.142. The van der Waals surface area contributed by atoms with Gasteiger partial charge in [-0.2, -0.15) is 0 Å². The molecule has 0 radical (unpaired) electrons. The van der Waals surface area contributed by atoms with Gasteiger partial charge in [0.1, 0.15) is 12.9 Å². The van der Waals surface area contributed by atoms with Gasteiger partial charge >= 0.3 is 5.97 Å². The van der Waals surface area contributed by atoms with E-state index >= 15 is 0 Å². The molecule has 0 saturated heterocycles. The molecule has 0 heterocycles. The highest BCUT2D eigenvalue weighted by molar-refractivity contribution is 5.66. The van der Waals surface area contributed by atoms with E-state index in [4.69, 9.17) is 0 Å². The van der Waals surface area contributed by atoms with Crippen molar-refractivity contribution in [3.8, 4) is 0 Å². The van der Waals surface area contributed by atoms with E-state index in [0.29, 0.717) is 0 Å². The average molecular weight is 130 g/mol. The number of rotatable bonds is 3. The van der Waals surface area contributed by atoms with Crippen LogP contribution in [0.15, 0.2) is 0 Å². The Hall–Kier alpha value is -0.860. The van der Waals surface area contributed by atoms with E-state index in [1.165, 1.54) is 6.92 Å². The Kier molecular flexibility index (Phi) is 3.67. The molecule has 52 valence electrons. The highest BCUT2D eigenvalue weighted by atomic mass is 16.5. The van der Waals surface area contributed by atoms with E-state index < -0.39 is 0 Å². The summed E-state index contributed by atoms with van der Waals surface area (Å²) in [6.07, 6.45) is 0.753. The van der Waals surface area contributed by atoms with Crippen molar-refractivity contribution in [3.05, 3.63) is 0 Å². The van der Waals surface area contributed by atoms with Crippen molar-refractivity contribution in [2.45, 2.75) is 13.8 Å². The molecular formula is C6H10O3. The van der Waals surface area contributed by atoms with Crippen LogP contribution < -0.4 is 0 Å². The van der Waals surface area contributed by atoms with Gasteiger partial charge in [0.25, 0.3) is 0 Å². The lowest BCUT2D eigenvalue weighted by Gasteiger charge is -2.01. The van der Waals surface area contributed by atoms with Gasteiger partial charge in [-0.1, -0.05) is 6.92 Å². The monoisotopic (exact) mass is 130 g/mol. The molecular weight excluding hydrogens is 120 g/mol. The van der Waals surface area contributed by atoms with Gasteiger partial charge in [0.15, 0.2) is 0 Å². The van der Waals surface area contributed by atoms with Gasteiger partial charge in [0.05, 0.1) is 0 Å². The Morgan fingerprint density at radius 2 is 2.33 bits per heavy atom. The second-order valence-corrected chi connectivity index (χ2v) is 1.92. The minimum absolute atomic E-state index is 0.186. The summed E-state index contributed by atoms with van der Waals surface area (Å²) in [4.78, 5) is 20.1. The first kappa shape index (κ1) is 8.14. The van der Waals surface area contributed by atoms with Gasteiger partial charge in [0.2, 0.25) is 0 Å². The van der Waals surface area contributed by atoms with Crippen LogP contribution in [0.3, 0.4) is 0 Å². The Morgan fingerprint density at radius 3 is 2.67 bits per heavy atom. The van der Waals surface area contributed by atoms with E-state index in [2.05, 4.69) is 4.74 Å². The van der Waals surface area contributed by atoms with Crippen molar-refractivity contribution in [2.24, 2.45) is 5.92 Å². The molecule has 0 rings (SSSR count). The first-order chi connectivity index (χ1) is 4.16. The standard InChI is InChI=1S/C6H10O3/c1-5(3-7)4-9-6(2)8/h3,5H,4H2,1-2H3. The summed E-state index contributed by atoms with van der Waals surface area (Å²) in [5, 5.41) is 0. The van der Waals surface area contributed by atoms with Gasteiger partial charge in [-0.25, -0.2) is 0 Å². The first-order valence-electron chi connectivity index (χ1n) is 2.75. The molecule has 0 saturated carbocycles. The summed E-state index contributed by atoms with van der Waals surface area (Å²) in [7, 11) is 0. The van der Waals surface area contributed by atoms with Crippen molar-refractivity contribution in [1.82, 2.24) is 0 Å². The van der Waals surface area contributed by atoms with Crippen LogP contribution in [0.2, 0.25) is 0 Å². The number of aldehydes is 1. The minimum Gasteiger partial charge on any atom is -0.465 e. The van der Waals surface area contributed by atoms with E-state index in [0.717, 1.165) is 6.29 Å². The third-order valence-electron chi connectivity index (χ3n) is 0.782. The molecule has 0 aliphatic heterocycles. The van der Waals surface area contributed by atoms with Crippen LogP contribution in [0, 0.1) is 5.92 Å². The average Bonchev–Trinajstić information content (AvgIpc) is 1.83. The van der Waals surface area contributed by atoms with Crippen LogP contribution in [0.1, 0.15) is 13.8 Å². The van der Waals surface area contributed by atoms with Crippen molar-refractivity contribution in [1.29, 1.82) is 0 Å². The zero-order valence-electron chi connectivity index (χ0n) is 5.59. The van der Waals surface area contributed by atoms with Gasteiger partial charge in [-0.15, -0.1) is 0 Å². The number of carbonyl (C=O) groups excluding carboxylic acids is 2. The van der Waals surface area contributed by atoms with Crippen LogP contribution >= 0.6 is 0 Å². The van der Waals surface area contributed by atoms with Gasteiger partial charge < -0.3 is 9.53 Å². The molecule has 0 spiro atoms. The Balaban J connectivity index is 3.26. The molecule has 1 atom stereocenters. The summed E-state index contributed by atoms with van der Waals surface area (Å²) in [6, 6.07) is 0. The van der Waals surface area contributed by atoms with Crippen molar-refractivity contribution in [3.63, 3.8) is 0 Å². The maximum absolute atomic E-state index is 10.1. The minimum atomic E-state index is -0.344. The molecule has 0 bridgehead atoms. The molecule has 0 N–H and O–H groups in total. The van der Waals surface area contributed by atoms with Crippen LogP contribution in [-0.4, -0.2) is 18.9 Å². The summed E-state index contributed by atoms with van der Waals surface area (Å²) in [5.41, 5.74) is 0. The van der Waals surface area contributed by atoms with Crippen LogP contribution in [0.25, 0.3) is 0 Å². The van der Waals surface area contributed by atoms with Crippen molar-refractivity contribution in [2.75, 3.05) is 6.61 Å². The molecule has 1 unspecified atom stereocenters. The topological polar surface area (TPSA) is 43.4 Å². The highest BCUT2D eigenvalue weighted by Gasteiger charge is 1.99. The Morgan fingerprint density at radius 1 is 1.78 bits per heavy atom. The number of esters is 1. The molecule has 0 amide bonds. The zero-order chi connectivity index (χ0) is 7.28. The van der Waals surface area contributed by atoms with Crippen LogP contribution in [0.5, 0.6) is 0 Å². The SMILES string of the molecule is CC(=O)OCC(C)C=O. The van der Waals surface area contributed by atoms with Crippen LogP contribution in [0.4, 0.5) is 0 Å². The van der Waals surface area contributed by atoms with E-state index in [1.54, 1.807) is 6.92 Å². The molecule has 3 heteroatoms. The number of hydrogen-bond donors (Lipinski definition) is 0. The molecule has 0 aromatic heterocycles. The fraction of sp³-hybridized carbons (Fsp3) is 0.667. The smallest absolute Gasteiger partial charge is 0.302 e. The summed E-state index contributed by atoms with van der Waals surface area (Å²) >= 11 is 0. The van der Waals surface area contributed by atoms with E-state index in [1.807, 2.05) is 0 Å². The van der Waals surface area contributed by atoms with Gasteiger partial charge in [-0.3, -0.25) is 4.79 Å². The molecule has 0 aromatic carbocycles. The molecule has 0 aliphatic rings. The predicted octanol–water partition coefficient (Wildman–Crippen LogP) is 0.385. The lowest BCUT2D eigenvalue weighted by Crippen LogP contribution is -2.09. The number of ether oxygens (including phenoxy) is 1. The van der Waals surface area contributed by atoms with Crippen LogP contribution in [-0.2, 0) is 14.3 Å². The quantitative estimate of drug-likeness (QED) is 0.410. The molecule has 0 fully saturated rings. The molecule has 3 nitrogen and oxygen atoms in total. The van der Waals surface area contributed by atoms with E-state index in [9.17, 15) is 9.59 Å². The molecule has 9 heavy (non-hydrogen) atoms. The lowest BCUT2D eigenvalue weighted by atomic mass is 10.2. The first-order valence-corrected chi connectivity index (χ1v) is 2.75. The molecule has 0 aromatic rings. The zero-order valence-corrected chi connectivity index (χ0v) is 5.59. The molecule has 0 aliphatic carbocycles. The number of hydrogen-bond acceptors (Lipinski definition) is 3. The summed E-state index contributed by atoms with van der Waals surface area (Å²) < 4.78 is 4.52. The largest absolute Gasteiger partial charge is 0.465 e. The third-order valence-corrected chi connectivity index (χ3v) is 0.782. The fourth-order valence-corrected chi connectivity index (χ4v) is 0.288. The highest BCUT2D eigenvalue weighted by Crippen LogP contribution is 1.89. The van der Waals surface area contributed by atoms with Crippen molar-refractivity contribution < 1.29 is 14.3 Å². The Bertz CT molecular complexity index is 109. The second-order valence-electron chi connectivity index (χ2n) is 1.92. The van der Waals surface area contributed by atoms with Crippen molar-refractivity contribution >= 4 is 12.3 Å². The maximum atomic E-state index is 10.1. The normalized spacial score (nSPS) is 12.2. The second kappa shape index (κ2) is 4.06. The summed E-state index contributed by atoms with van der Waals surface area (Å²) in [5.74, 6) is -0.530. The van der Waals surface area contributed by atoms with Gasteiger partial charge in [-0.05, 0) is 0 Å². The predicted molar refractivity (Wildman–Crippen MR) is 31.9 cm³/mol. The summed E-state index contributed by atoms with van der Waals surface area (Å²) in [6.45, 7) is 3.20. The van der Waals surface area contributed by atoms with Gasteiger partial charge in [0, 0.05) is 12.8 Å².